The fourth-order valence-corrected chi connectivity index (χ4v) is 3.80. The summed E-state index contributed by atoms with van der Waals surface area (Å²) in [6, 6.07) is 20.3. The summed E-state index contributed by atoms with van der Waals surface area (Å²) in [5, 5.41) is 16.8. The lowest BCUT2D eigenvalue weighted by atomic mass is 9.99. The molecule has 5 nitrogen and oxygen atoms in total. The molecule has 0 fully saturated rings. The van der Waals surface area contributed by atoms with Crippen molar-refractivity contribution in [1.82, 2.24) is 10.6 Å². The molecule has 2 unspecified atom stereocenters. The van der Waals surface area contributed by atoms with E-state index in [1.807, 2.05) is 54.6 Å². The maximum Gasteiger partial charge on any atom is 0.407 e. The lowest BCUT2D eigenvalue weighted by Crippen LogP contribution is -2.49. The van der Waals surface area contributed by atoms with Crippen molar-refractivity contribution in [2.75, 3.05) is 6.54 Å². The predicted octanol–water partition coefficient (Wildman–Crippen LogP) is 5.22. The highest BCUT2D eigenvalue weighted by Crippen LogP contribution is 2.23. The molecule has 35 heavy (non-hydrogen) atoms. The fourth-order valence-electron chi connectivity index (χ4n) is 3.80. The van der Waals surface area contributed by atoms with E-state index >= 15 is 0 Å². The summed E-state index contributed by atoms with van der Waals surface area (Å²) in [4.78, 5) is 12.4. The molecule has 0 aliphatic carbocycles. The minimum absolute atomic E-state index is 0.0252. The molecule has 0 aliphatic rings. The van der Waals surface area contributed by atoms with Crippen molar-refractivity contribution in [2.24, 2.45) is 0 Å². The third-order valence-corrected chi connectivity index (χ3v) is 5.32. The number of nitrogens with one attached hydrogen (secondary N) is 2. The standard InChI is InChI=1S/C28H32F2N2O3/c1-28(2,3)35-27(34)32-25(15-19-13-22(29)16-23(30)14-19)26(33)18-31-17-21-11-7-8-12-24(21)20-9-5-4-6-10-20/h4-14,16,25-26,31,33H,15,17-18H2,1-3H3,(H,32,34). The van der Waals surface area contributed by atoms with E-state index in [-0.39, 0.29) is 13.0 Å². The average molecular weight is 483 g/mol. The van der Waals surface area contributed by atoms with Gasteiger partial charge in [0, 0.05) is 19.2 Å². The van der Waals surface area contributed by atoms with Crippen LogP contribution in [0, 0.1) is 11.6 Å². The molecule has 7 heteroatoms. The first kappa shape index (κ1) is 26.3. The predicted molar refractivity (Wildman–Crippen MR) is 133 cm³/mol. The van der Waals surface area contributed by atoms with Crippen LogP contribution in [0.5, 0.6) is 0 Å². The van der Waals surface area contributed by atoms with E-state index in [0.29, 0.717) is 12.1 Å². The summed E-state index contributed by atoms with van der Waals surface area (Å²) in [7, 11) is 0. The Morgan fingerprint density at radius 1 is 0.971 bits per heavy atom. The molecule has 1 amide bonds. The van der Waals surface area contributed by atoms with Gasteiger partial charge in [0.25, 0.3) is 0 Å². The van der Waals surface area contributed by atoms with E-state index < -0.39 is 35.5 Å². The van der Waals surface area contributed by atoms with E-state index in [9.17, 15) is 18.7 Å². The van der Waals surface area contributed by atoms with Gasteiger partial charge in [-0.25, -0.2) is 13.6 Å². The number of rotatable bonds is 9. The summed E-state index contributed by atoms with van der Waals surface area (Å²) in [6.45, 7) is 5.81. The Kier molecular flexibility index (Phi) is 8.95. The van der Waals surface area contributed by atoms with Gasteiger partial charge in [0.2, 0.25) is 0 Å². The van der Waals surface area contributed by atoms with Crippen LogP contribution in [0.2, 0.25) is 0 Å². The number of aliphatic hydroxyl groups excluding tert-OH is 1. The largest absolute Gasteiger partial charge is 0.444 e. The van der Waals surface area contributed by atoms with Crippen molar-refractivity contribution in [3.05, 3.63) is 95.6 Å². The van der Waals surface area contributed by atoms with Crippen LogP contribution in [-0.4, -0.2) is 35.5 Å². The van der Waals surface area contributed by atoms with Gasteiger partial charge in [0.05, 0.1) is 12.1 Å². The highest BCUT2D eigenvalue weighted by atomic mass is 19.1. The Labute approximate surface area is 205 Å². The van der Waals surface area contributed by atoms with E-state index in [1.165, 1.54) is 12.1 Å². The first-order valence-corrected chi connectivity index (χ1v) is 11.6. The van der Waals surface area contributed by atoms with Gasteiger partial charge < -0.3 is 20.5 Å². The Balaban J connectivity index is 1.69. The second kappa shape index (κ2) is 11.9. The summed E-state index contributed by atoms with van der Waals surface area (Å²) < 4.78 is 32.7. The number of alkyl carbamates (subject to hydrolysis) is 1. The van der Waals surface area contributed by atoms with Crippen LogP contribution in [0.1, 0.15) is 31.9 Å². The van der Waals surface area contributed by atoms with Gasteiger partial charge in [-0.2, -0.15) is 0 Å². The quantitative estimate of drug-likeness (QED) is 0.391. The number of hydrogen-bond donors (Lipinski definition) is 3. The molecule has 0 spiro atoms. The van der Waals surface area contributed by atoms with Crippen molar-refractivity contribution in [3.8, 4) is 11.1 Å². The maximum atomic E-state index is 13.7. The van der Waals surface area contributed by atoms with Crippen LogP contribution in [0.4, 0.5) is 13.6 Å². The van der Waals surface area contributed by atoms with Gasteiger partial charge in [0.1, 0.15) is 17.2 Å². The van der Waals surface area contributed by atoms with Gasteiger partial charge >= 0.3 is 6.09 Å². The highest BCUT2D eigenvalue weighted by Gasteiger charge is 2.25. The molecule has 0 bridgehead atoms. The van der Waals surface area contributed by atoms with E-state index in [1.54, 1.807) is 20.8 Å². The number of hydrogen-bond acceptors (Lipinski definition) is 4. The topological polar surface area (TPSA) is 70.6 Å². The summed E-state index contributed by atoms with van der Waals surface area (Å²) in [5.74, 6) is -1.44. The van der Waals surface area contributed by atoms with Crippen molar-refractivity contribution >= 4 is 6.09 Å². The van der Waals surface area contributed by atoms with Gasteiger partial charge in [-0.15, -0.1) is 0 Å². The first-order chi connectivity index (χ1) is 16.6. The fraction of sp³-hybridized carbons (Fsp3) is 0.321. The van der Waals surface area contributed by atoms with Crippen LogP contribution >= 0.6 is 0 Å². The number of carbonyl (C=O) groups excluding carboxylic acids is 1. The third kappa shape index (κ3) is 8.46. The first-order valence-electron chi connectivity index (χ1n) is 11.6. The monoisotopic (exact) mass is 482 g/mol. The molecule has 3 rings (SSSR count). The molecular weight excluding hydrogens is 450 g/mol. The average Bonchev–Trinajstić information content (AvgIpc) is 2.77. The summed E-state index contributed by atoms with van der Waals surface area (Å²) in [6.07, 6.45) is -1.73. The molecule has 3 aromatic carbocycles. The van der Waals surface area contributed by atoms with E-state index in [2.05, 4.69) is 10.6 Å². The number of aliphatic hydroxyl groups is 1. The van der Waals surface area contributed by atoms with Crippen LogP contribution in [0.15, 0.2) is 72.8 Å². The molecule has 2 atom stereocenters. The van der Waals surface area contributed by atoms with Crippen molar-refractivity contribution in [1.29, 1.82) is 0 Å². The van der Waals surface area contributed by atoms with Crippen molar-refractivity contribution in [2.45, 2.75) is 51.5 Å². The number of amides is 1. The van der Waals surface area contributed by atoms with Gasteiger partial charge in [0.15, 0.2) is 0 Å². The normalized spacial score (nSPS) is 13.2. The second-order valence-electron chi connectivity index (χ2n) is 9.46. The Bertz CT molecular complexity index is 1100. The minimum atomic E-state index is -1.04. The molecule has 186 valence electrons. The molecule has 3 aromatic rings. The molecule has 0 aliphatic heterocycles. The summed E-state index contributed by atoms with van der Waals surface area (Å²) >= 11 is 0. The summed E-state index contributed by atoms with van der Waals surface area (Å²) in [5.41, 5.74) is 2.80. The molecular formula is C28H32F2N2O3. The molecule has 0 aromatic heterocycles. The number of carbonyl (C=O) groups is 1. The van der Waals surface area contributed by atoms with E-state index in [0.717, 1.165) is 22.8 Å². The van der Waals surface area contributed by atoms with Crippen molar-refractivity contribution in [3.63, 3.8) is 0 Å². The minimum Gasteiger partial charge on any atom is -0.444 e. The number of ether oxygens (including phenoxy) is 1. The SMILES string of the molecule is CC(C)(C)OC(=O)NC(Cc1cc(F)cc(F)c1)C(O)CNCc1ccccc1-c1ccccc1. The molecule has 0 saturated heterocycles. The molecule has 0 radical (unpaired) electrons. The van der Waals surface area contributed by atoms with Gasteiger partial charge in [-0.05, 0) is 61.6 Å². The zero-order valence-electron chi connectivity index (χ0n) is 20.2. The highest BCUT2D eigenvalue weighted by molar-refractivity contribution is 5.68. The van der Waals surface area contributed by atoms with Crippen LogP contribution in [0.25, 0.3) is 11.1 Å². The Hall–Kier alpha value is -3.29. The van der Waals surface area contributed by atoms with Gasteiger partial charge in [-0.1, -0.05) is 54.6 Å². The van der Waals surface area contributed by atoms with Gasteiger partial charge in [-0.3, -0.25) is 0 Å². The lowest BCUT2D eigenvalue weighted by Gasteiger charge is -2.27. The molecule has 0 heterocycles. The van der Waals surface area contributed by atoms with Crippen molar-refractivity contribution < 1.29 is 23.4 Å². The van der Waals surface area contributed by atoms with Crippen LogP contribution in [0.3, 0.4) is 0 Å². The zero-order chi connectivity index (χ0) is 25.4. The lowest BCUT2D eigenvalue weighted by molar-refractivity contribution is 0.0422. The molecule has 0 saturated carbocycles. The Morgan fingerprint density at radius 2 is 1.60 bits per heavy atom. The number of benzene rings is 3. The molecule has 3 N–H and O–H groups in total. The third-order valence-electron chi connectivity index (χ3n) is 5.32. The van der Waals surface area contributed by atoms with Crippen LogP contribution in [-0.2, 0) is 17.7 Å². The second-order valence-corrected chi connectivity index (χ2v) is 9.46. The maximum absolute atomic E-state index is 13.7. The van der Waals surface area contributed by atoms with E-state index in [4.69, 9.17) is 4.74 Å². The number of halogens is 2. The zero-order valence-corrected chi connectivity index (χ0v) is 20.2. The van der Waals surface area contributed by atoms with Crippen LogP contribution < -0.4 is 10.6 Å². The Morgan fingerprint density at radius 3 is 2.26 bits per heavy atom. The smallest absolute Gasteiger partial charge is 0.407 e.